The van der Waals surface area contributed by atoms with Crippen LogP contribution < -0.4 is 5.73 Å². The number of carbonyl (C=O) groups is 2. The highest BCUT2D eigenvalue weighted by molar-refractivity contribution is 5.98. The SMILES string of the molecule is COC(=O)c1c(N)c(C#N)cn1-c1cc([N+](=O)[O-])ccc1C(=O)O. The van der Waals surface area contributed by atoms with Gasteiger partial charge in [0.1, 0.15) is 6.07 Å². The number of carboxylic acid groups (broad SMARTS) is 1. The molecule has 24 heavy (non-hydrogen) atoms. The topological polar surface area (TPSA) is 161 Å². The Morgan fingerprint density at radius 1 is 1.46 bits per heavy atom. The Balaban J connectivity index is 2.87. The minimum Gasteiger partial charge on any atom is -0.478 e. The molecule has 0 saturated carbocycles. The average Bonchev–Trinajstić information content (AvgIpc) is 2.89. The van der Waals surface area contributed by atoms with Gasteiger partial charge in [-0.15, -0.1) is 0 Å². The molecule has 1 heterocycles. The largest absolute Gasteiger partial charge is 0.478 e. The molecule has 1 aromatic heterocycles. The first-order valence-corrected chi connectivity index (χ1v) is 6.33. The number of non-ortho nitro benzene ring substituents is 1. The van der Waals surface area contributed by atoms with Crippen molar-refractivity contribution in [3.05, 3.63) is 51.3 Å². The van der Waals surface area contributed by atoms with Crippen molar-refractivity contribution >= 4 is 23.3 Å². The monoisotopic (exact) mass is 330 g/mol. The zero-order valence-electron chi connectivity index (χ0n) is 12.2. The van der Waals surface area contributed by atoms with Crippen molar-refractivity contribution in [2.75, 3.05) is 12.8 Å². The first-order valence-electron chi connectivity index (χ1n) is 6.33. The van der Waals surface area contributed by atoms with E-state index in [4.69, 9.17) is 11.0 Å². The fourth-order valence-corrected chi connectivity index (χ4v) is 2.12. The smallest absolute Gasteiger partial charge is 0.357 e. The van der Waals surface area contributed by atoms with E-state index in [9.17, 15) is 24.8 Å². The number of carboxylic acids is 1. The Morgan fingerprint density at radius 3 is 2.62 bits per heavy atom. The molecule has 0 aliphatic carbocycles. The molecule has 0 radical (unpaired) electrons. The lowest BCUT2D eigenvalue weighted by Gasteiger charge is -2.11. The summed E-state index contributed by atoms with van der Waals surface area (Å²) in [7, 11) is 1.08. The second-order valence-corrected chi connectivity index (χ2v) is 4.54. The van der Waals surface area contributed by atoms with Gasteiger partial charge >= 0.3 is 11.9 Å². The van der Waals surface area contributed by atoms with Crippen LogP contribution in [0.25, 0.3) is 5.69 Å². The van der Waals surface area contributed by atoms with Gasteiger partial charge in [0, 0.05) is 18.3 Å². The third-order valence-corrected chi connectivity index (χ3v) is 3.23. The molecule has 3 N–H and O–H groups in total. The van der Waals surface area contributed by atoms with E-state index in [1.54, 1.807) is 6.07 Å². The van der Waals surface area contributed by atoms with E-state index in [1.165, 1.54) is 0 Å². The van der Waals surface area contributed by atoms with Crippen LogP contribution in [0.3, 0.4) is 0 Å². The Morgan fingerprint density at radius 2 is 2.12 bits per heavy atom. The Bertz CT molecular complexity index is 909. The van der Waals surface area contributed by atoms with Gasteiger partial charge in [-0.05, 0) is 6.07 Å². The number of nitro benzene ring substituents is 1. The predicted octanol–water partition coefficient (Wildman–Crippen LogP) is 1.32. The van der Waals surface area contributed by atoms with Crippen LogP contribution in [0.1, 0.15) is 26.4 Å². The number of rotatable bonds is 4. The number of nitriles is 1. The number of hydrogen-bond acceptors (Lipinski definition) is 7. The van der Waals surface area contributed by atoms with Crippen molar-refractivity contribution in [1.82, 2.24) is 4.57 Å². The summed E-state index contributed by atoms with van der Waals surface area (Å²) in [5.74, 6) is -2.29. The van der Waals surface area contributed by atoms with E-state index in [2.05, 4.69) is 4.74 Å². The number of nitro groups is 1. The van der Waals surface area contributed by atoms with Crippen LogP contribution in [0.15, 0.2) is 24.4 Å². The van der Waals surface area contributed by atoms with Gasteiger partial charge in [-0.2, -0.15) is 5.26 Å². The molecule has 0 aliphatic rings. The Kier molecular flexibility index (Phi) is 4.19. The maximum atomic E-state index is 11.9. The summed E-state index contributed by atoms with van der Waals surface area (Å²) < 4.78 is 5.58. The number of carbonyl (C=O) groups excluding carboxylic acids is 1. The highest BCUT2D eigenvalue weighted by Crippen LogP contribution is 2.29. The minimum absolute atomic E-state index is 0.0988. The lowest BCUT2D eigenvalue weighted by Crippen LogP contribution is -2.14. The summed E-state index contributed by atoms with van der Waals surface area (Å²) in [6, 6.07) is 4.77. The van der Waals surface area contributed by atoms with E-state index >= 15 is 0 Å². The number of benzene rings is 1. The molecule has 0 spiro atoms. The second kappa shape index (κ2) is 6.09. The minimum atomic E-state index is -1.37. The molecule has 10 nitrogen and oxygen atoms in total. The summed E-state index contributed by atoms with van der Waals surface area (Å²) in [6.45, 7) is 0. The van der Waals surface area contributed by atoms with Gasteiger partial charge in [0.2, 0.25) is 0 Å². The first-order chi connectivity index (χ1) is 11.3. The average molecular weight is 330 g/mol. The molecule has 10 heteroatoms. The van der Waals surface area contributed by atoms with Gasteiger partial charge in [0.15, 0.2) is 5.69 Å². The first kappa shape index (κ1) is 16.5. The standard InChI is InChI=1S/C14H10N4O6/c1-24-14(21)12-11(16)7(5-15)6-17(12)10-4-8(18(22)23)2-3-9(10)13(19)20/h2-4,6H,16H2,1H3,(H,19,20). The van der Waals surface area contributed by atoms with Gasteiger partial charge in [0.25, 0.3) is 5.69 Å². The van der Waals surface area contributed by atoms with Crippen molar-refractivity contribution in [1.29, 1.82) is 5.26 Å². The zero-order valence-corrected chi connectivity index (χ0v) is 12.2. The zero-order chi connectivity index (χ0) is 18.0. The number of nitrogens with zero attached hydrogens (tertiary/aromatic N) is 3. The molecule has 0 aliphatic heterocycles. The number of methoxy groups -OCH3 is 1. The van der Waals surface area contributed by atoms with Crippen LogP contribution in [0.4, 0.5) is 11.4 Å². The number of nitrogens with two attached hydrogens (primary N) is 1. The molecule has 0 amide bonds. The summed E-state index contributed by atoms with van der Waals surface area (Å²) in [5.41, 5.74) is 4.22. The predicted molar refractivity (Wildman–Crippen MR) is 79.8 cm³/mol. The number of hydrogen-bond donors (Lipinski definition) is 2. The van der Waals surface area contributed by atoms with Crippen molar-refractivity contribution in [3.8, 4) is 11.8 Å². The lowest BCUT2D eigenvalue weighted by molar-refractivity contribution is -0.384. The maximum absolute atomic E-state index is 11.9. The fourth-order valence-electron chi connectivity index (χ4n) is 2.12. The third-order valence-electron chi connectivity index (χ3n) is 3.23. The van der Waals surface area contributed by atoms with Gasteiger partial charge in [-0.3, -0.25) is 10.1 Å². The molecule has 0 atom stereocenters. The summed E-state index contributed by atoms with van der Waals surface area (Å²) in [4.78, 5) is 33.6. The van der Waals surface area contributed by atoms with Crippen molar-refractivity contribution < 1.29 is 24.4 Å². The molecule has 2 aromatic rings. The molecule has 0 fully saturated rings. The summed E-state index contributed by atoms with van der Waals surface area (Å²) in [6.07, 6.45) is 1.12. The van der Waals surface area contributed by atoms with Crippen LogP contribution in [0.2, 0.25) is 0 Å². The number of anilines is 1. The molecule has 1 aromatic carbocycles. The fraction of sp³-hybridized carbons (Fsp3) is 0.0714. The number of ether oxygens (including phenoxy) is 1. The van der Waals surface area contributed by atoms with E-state index in [1.807, 2.05) is 0 Å². The van der Waals surface area contributed by atoms with Crippen LogP contribution in [-0.4, -0.2) is 33.6 Å². The highest BCUT2D eigenvalue weighted by atomic mass is 16.6. The normalized spacial score (nSPS) is 10.0. The van der Waals surface area contributed by atoms with Gasteiger partial charge < -0.3 is 20.1 Å². The summed E-state index contributed by atoms with van der Waals surface area (Å²) in [5, 5.41) is 29.3. The van der Waals surface area contributed by atoms with Crippen molar-refractivity contribution in [2.24, 2.45) is 0 Å². The molecule has 122 valence electrons. The molecule has 0 saturated heterocycles. The highest BCUT2D eigenvalue weighted by Gasteiger charge is 2.25. The third kappa shape index (κ3) is 2.61. The number of nitrogen functional groups attached to an aromatic ring is 1. The quantitative estimate of drug-likeness (QED) is 0.482. The van der Waals surface area contributed by atoms with E-state index < -0.39 is 22.5 Å². The van der Waals surface area contributed by atoms with Gasteiger partial charge in [-0.1, -0.05) is 0 Å². The van der Waals surface area contributed by atoms with Crippen LogP contribution >= 0.6 is 0 Å². The number of aromatic nitrogens is 1. The van der Waals surface area contributed by atoms with E-state index in [0.29, 0.717) is 0 Å². The summed E-state index contributed by atoms with van der Waals surface area (Å²) >= 11 is 0. The lowest BCUT2D eigenvalue weighted by atomic mass is 10.1. The molecule has 0 bridgehead atoms. The molecule has 2 rings (SSSR count). The van der Waals surface area contributed by atoms with Crippen molar-refractivity contribution in [2.45, 2.75) is 0 Å². The van der Waals surface area contributed by atoms with Crippen molar-refractivity contribution in [3.63, 3.8) is 0 Å². The van der Waals surface area contributed by atoms with Crippen LogP contribution in [0, 0.1) is 21.4 Å². The Labute approximate surface area is 134 Å². The van der Waals surface area contributed by atoms with Crippen LogP contribution in [0.5, 0.6) is 0 Å². The number of esters is 1. The van der Waals surface area contributed by atoms with Gasteiger partial charge in [-0.25, -0.2) is 9.59 Å². The second-order valence-electron chi connectivity index (χ2n) is 4.54. The van der Waals surface area contributed by atoms with Gasteiger partial charge in [0.05, 0.1) is 34.5 Å². The number of aromatic carboxylic acids is 1. The van der Waals surface area contributed by atoms with E-state index in [-0.39, 0.29) is 28.2 Å². The van der Waals surface area contributed by atoms with Crippen LogP contribution in [-0.2, 0) is 4.74 Å². The maximum Gasteiger partial charge on any atom is 0.357 e. The van der Waals surface area contributed by atoms with E-state index in [0.717, 1.165) is 36.1 Å². The molecular formula is C14H10N4O6. The molecular weight excluding hydrogens is 320 g/mol. The Hall–Kier alpha value is -3.87. The molecule has 0 unspecified atom stereocenters.